The van der Waals surface area contributed by atoms with Crippen molar-refractivity contribution in [3.8, 4) is 0 Å². The van der Waals surface area contributed by atoms with Gasteiger partial charge in [0.15, 0.2) is 0 Å². The zero-order valence-corrected chi connectivity index (χ0v) is 11.1. The molecule has 2 N–H and O–H groups in total. The Morgan fingerprint density at radius 2 is 1.88 bits per heavy atom. The second-order valence-electron chi connectivity index (χ2n) is 4.12. The van der Waals surface area contributed by atoms with Crippen molar-refractivity contribution in [3.63, 3.8) is 0 Å². The molecule has 0 radical (unpaired) electrons. The number of ether oxygens (including phenoxy) is 1. The van der Waals surface area contributed by atoms with Crippen LogP contribution in [0.3, 0.4) is 0 Å². The molecule has 0 rings (SSSR count). The number of rotatable bonds is 8. The molecule has 0 heterocycles. The van der Waals surface area contributed by atoms with Crippen molar-refractivity contribution in [2.24, 2.45) is 11.1 Å². The standard InChI is InChI=1S/C12H26N2O2/c1-5-12(6-2,10-13)11(15)14(4)8-9-16-7-3/h5-10,13H2,1-4H3. The van der Waals surface area contributed by atoms with E-state index in [1.54, 1.807) is 4.90 Å². The van der Waals surface area contributed by atoms with Crippen LogP contribution in [-0.4, -0.2) is 44.2 Å². The van der Waals surface area contributed by atoms with Gasteiger partial charge in [0, 0.05) is 26.7 Å². The number of likely N-dealkylation sites (N-methyl/N-ethyl adjacent to an activating group) is 1. The zero-order chi connectivity index (χ0) is 12.6. The third-order valence-corrected chi connectivity index (χ3v) is 3.32. The van der Waals surface area contributed by atoms with Crippen molar-refractivity contribution in [3.05, 3.63) is 0 Å². The molecule has 0 aromatic heterocycles. The van der Waals surface area contributed by atoms with E-state index in [0.29, 0.717) is 26.3 Å². The Balaban J connectivity index is 4.37. The predicted molar refractivity (Wildman–Crippen MR) is 66.2 cm³/mol. The van der Waals surface area contributed by atoms with Crippen LogP contribution < -0.4 is 5.73 Å². The molecule has 0 aliphatic heterocycles. The van der Waals surface area contributed by atoms with Gasteiger partial charge in [-0.15, -0.1) is 0 Å². The van der Waals surface area contributed by atoms with Crippen molar-refractivity contribution in [1.82, 2.24) is 4.90 Å². The van der Waals surface area contributed by atoms with Crippen molar-refractivity contribution < 1.29 is 9.53 Å². The molecule has 1 amide bonds. The molecular formula is C12H26N2O2. The molecule has 96 valence electrons. The van der Waals surface area contributed by atoms with Gasteiger partial charge in [-0.2, -0.15) is 0 Å². The molecule has 0 aromatic carbocycles. The van der Waals surface area contributed by atoms with Gasteiger partial charge in [-0.05, 0) is 19.8 Å². The van der Waals surface area contributed by atoms with Crippen LogP contribution in [0.2, 0.25) is 0 Å². The first kappa shape index (κ1) is 15.4. The highest BCUT2D eigenvalue weighted by Gasteiger charge is 2.35. The van der Waals surface area contributed by atoms with E-state index in [-0.39, 0.29) is 11.3 Å². The molecule has 4 nitrogen and oxygen atoms in total. The lowest BCUT2D eigenvalue weighted by molar-refractivity contribution is -0.141. The Hall–Kier alpha value is -0.610. The summed E-state index contributed by atoms with van der Waals surface area (Å²) in [4.78, 5) is 14.0. The topological polar surface area (TPSA) is 55.6 Å². The van der Waals surface area contributed by atoms with Gasteiger partial charge in [-0.25, -0.2) is 0 Å². The summed E-state index contributed by atoms with van der Waals surface area (Å²) >= 11 is 0. The summed E-state index contributed by atoms with van der Waals surface area (Å²) < 4.78 is 5.24. The van der Waals surface area contributed by atoms with Crippen LogP contribution in [0.15, 0.2) is 0 Å². The summed E-state index contributed by atoms with van der Waals surface area (Å²) in [6.45, 7) is 8.31. The molecule has 0 aromatic rings. The van der Waals surface area contributed by atoms with Gasteiger partial charge < -0.3 is 15.4 Å². The summed E-state index contributed by atoms with van der Waals surface area (Å²) in [7, 11) is 1.82. The Kier molecular flexibility index (Phi) is 7.34. The molecular weight excluding hydrogens is 204 g/mol. The first-order valence-electron chi connectivity index (χ1n) is 6.11. The summed E-state index contributed by atoms with van der Waals surface area (Å²) in [5.41, 5.74) is 5.36. The monoisotopic (exact) mass is 230 g/mol. The molecule has 0 unspecified atom stereocenters. The van der Waals surface area contributed by atoms with E-state index in [1.807, 2.05) is 27.8 Å². The molecule has 0 bridgehead atoms. The lowest BCUT2D eigenvalue weighted by Gasteiger charge is -2.33. The smallest absolute Gasteiger partial charge is 0.229 e. The van der Waals surface area contributed by atoms with Crippen LogP contribution in [0.25, 0.3) is 0 Å². The van der Waals surface area contributed by atoms with Crippen molar-refractivity contribution in [1.29, 1.82) is 0 Å². The highest BCUT2D eigenvalue weighted by Crippen LogP contribution is 2.27. The number of nitrogens with two attached hydrogens (primary N) is 1. The van der Waals surface area contributed by atoms with E-state index in [9.17, 15) is 4.79 Å². The lowest BCUT2D eigenvalue weighted by atomic mass is 9.81. The number of carbonyl (C=O) groups is 1. The van der Waals surface area contributed by atoms with E-state index in [1.165, 1.54) is 0 Å². The van der Waals surface area contributed by atoms with Crippen molar-refractivity contribution >= 4 is 5.91 Å². The first-order chi connectivity index (χ1) is 7.57. The number of carbonyl (C=O) groups excluding carboxylic acids is 1. The molecule has 0 saturated heterocycles. The second kappa shape index (κ2) is 7.63. The third-order valence-electron chi connectivity index (χ3n) is 3.32. The molecule has 0 aliphatic carbocycles. The van der Waals surface area contributed by atoms with E-state index in [2.05, 4.69) is 0 Å². The van der Waals surface area contributed by atoms with Crippen molar-refractivity contribution in [2.45, 2.75) is 33.6 Å². The van der Waals surface area contributed by atoms with Gasteiger partial charge >= 0.3 is 0 Å². The largest absolute Gasteiger partial charge is 0.380 e. The third kappa shape index (κ3) is 3.76. The van der Waals surface area contributed by atoms with Crippen LogP contribution in [-0.2, 0) is 9.53 Å². The summed E-state index contributed by atoms with van der Waals surface area (Å²) in [6.07, 6.45) is 1.58. The molecule has 4 heteroatoms. The highest BCUT2D eigenvalue weighted by molar-refractivity contribution is 5.82. The maximum atomic E-state index is 12.2. The van der Waals surface area contributed by atoms with Gasteiger partial charge in [0.1, 0.15) is 0 Å². The zero-order valence-electron chi connectivity index (χ0n) is 11.1. The average Bonchev–Trinajstić information content (AvgIpc) is 2.32. The van der Waals surface area contributed by atoms with Crippen LogP contribution in [0.5, 0.6) is 0 Å². The number of amides is 1. The van der Waals surface area contributed by atoms with Crippen LogP contribution in [0.4, 0.5) is 0 Å². The van der Waals surface area contributed by atoms with Crippen LogP contribution in [0.1, 0.15) is 33.6 Å². The molecule has 0 atom stereocenters. The maximum absolute atomic E-state index is 12.2. The molecule has 0 saturated carbocycles. The van der Waals surface area contributed by atoms with E-state index in [4.69, 9.17) is 10.5 Å². The van der Waals surface area contributed by atoms with Crippen LogP contribution in [0, 0.1) is 5.41 Å². The van der Waals surface area contributed by atoms with Gasteiger partial charge in [0.05, 0.1) is 12.0 Å². The summed E-state index contributed by atoms with van der Waals surface area (Å²) in [5.74, 6) is 0.139. The van der Waals surface area contributed by atoms with Gasteiger partial charge in [0.25, 0.3) is 0 Å². The average molecular weight is 230 g/mol. The molecule has 0 spiro atoms. The quantitative estimate of drug-likeness (QED) is 0.638. The minimum Gasteiger partial charge on any atom is -0.380 e. The first-order valence-corrected chi connectivity index (χ1v) is 6.11. The van der Waals surface area contributed by atoms with E-state index < -0.39 is 0 Å². The Morgan fingerprint density at radius 3 is 2.25 bits per heavy atom. The number of hydrogen-bond donors (Lipinski definition) is 1. The summed E-state index contributed by atoms with van der Waals surface area (Å²) in [6, 6.07) is 0. The Labute approximate surface area is 99.1 Å². The molecule has 16 heavy (non-hydrogen) atoms. The van der Waals surface area contributed by atoms with Crippen LogP contribution >= 0.6 is 0 Å². The molecule has 0 fully saturated rings. The summed E-state index contributed by atoms with van der Waals surface area (Å²) in [5, 5.41) is 0. The number of hydrogen-bond acceptors (Lipinski definition) is 3. The van der Waals surface area contributed by atoms with Gasteiger partial charge in [0.2, 0.25) is 5.91 Å². The second-order valence-corrected chi connectivity index (χ2v) is 4.12. The van der Waals surface area contributed by atoms with Gasteiger partial charge in [-0.1, -0.05) is 13.8 Å². The Morgan fingerprint density at radius 1 is 1.31 bits per heavy atom. The number of nitrogens with zero attached hydrogens (tertiary/aromatic N) is 1. The lowest BCUT2D eigenvalue weighted by Crippen LogP contribution is -2.47. The SMILES string of the molecule is CCOCCN(C)C(=O)C(CC)(CC)CN. The minimum absolute atomic E-state index is 0.139. The highest BCUT2D eigenvalue weighted by atomic mass is 16.5. The minimum atomic E-state index is -0.388. The van der Waals surface area contributed by atoms with E-state index in [0.717, 1.165) is 12.8 Å². The Bertz CT molecular complexity index is 195. The normalized spacial score (nSPS) is 11.6. The fraction of sp³-hybridized carbons (Fsp3) is 0.917. The fourth-order valence-corrected chi connectivity index (χ4v) is 1.78. The molecule has 0 aliphatic rings. The fourth-order valence-electron chi connectivity index (χ4n) is 1.78. The predicted octanol–water partition coefficient (Wildman–Crippen LogP) is 1.25. The van der Waals surface area contributed by atoms with E-state index >= 15 is 0 Å². The van der Waals surface area contributed by atoms with Crippen molar-refractivity contribution in [2.75, 3.05) is 33.4 Å². The van der Waals surface area contributed by atoms with Gasteiger partial charge in [-0.3, -0.25) is 4.79 Å². The maximum Gasteiger partial charge on any atom is 0.229 e.